The van der Waals surface area contributed by atoms with E-state index in [1.165, 1.54) is 12.0 Å². The number of benzene rings is 1. The molecule has 2 heteroatoms. The predicted molar refractivity (Wildman–Crippen MR) is 96.2 cm³/mol. The molecule has 0 aliphatic heterocycles. The molecule has 122 valence electrons. The Balaban J connectivity index is 1.89. The van der Waals surface area contributed by atoms with Crippen LogP contribution in [-0.4, -0.2) is 31.3 Å². The molecular formula is C21H27NO. The number of carbonyl (C=O) groups excluding carboxylic acids is 1. The van der Waals surface area contributed by atoms with Crippen molar-refractivity contribution in [2.24, 2.45) is 5.41 Å². The quantitative estimate of drug-likeness (QED) is 0.590. The third-order valence-electron chi connectivity index (χ3n) is 5.33. The van der Waals surface area contributed by atoms with Gasteiger partial charge in [0.15, 0.2) is 5.78 Å². The van der Waals surface area contributed by atoms with Gasteiger partial charge in [-0.2, -0.15) is 0 Å². The maximum atomic E-state index is 13.3. The molecular weight excluding hydrogens is 282 g/mol. The molecule has 0 spiro atoms. The molecule has 3 rings (SSSR count). The highest BCUT2D eigenvalue weighted by Gasteiger charge is 2.47. The summed E-state index contributed by atoms with van der Waals surface area (Å²) >= 11 is 0. The molecule has 1 saturated carbocycles. The van der Waals surface area contributed by atoms with E-state index >= 15 is 0 Å². The number of hydrogen-bond donors (Lipinski definition) is 0. The van der Waals surface area contributed by atoms with Crippen LogP contribution in [0, 0.1) is 5.41 Å². The van der Waals surface area contributed by atoms with Crippen LogP contribution in [0.15, 0.2) is 47.6 Å². The number of hydrogen-bond acceptors (Lipinski definition) is 2. The van der Waals surface area contributed by atoms with E-state index in [1.807, 2.05) is 18.2 Å². The minimum absolute atomic E-state index is 0.221. The van der Waals surface area contributed by atoms with Gasteiger partial charge in [0.2, 0.25) is 0 Å². The molecule has 2 aliphatic carbocycles. The third kappa shape index (κ3) is 3.32. The second-order valence-corrected chi connectivity index (χ2v) is 7.17. The van der Waals surface area contributed by atoms with E-state index in [2.05, 4.69) is 43.3 Å². The van der Waals surface area contributed by atoms with E-state index in [0.29, 0.717) is 5.78 Å². The van der Waals surface area contributed by atoms with Crippen LogP contribution >= 0.6 is 0 Å². The molecule has 1 aromatic carbocycles. The first-order valence-electron chi connectivity index (χ1n) is 8.76. The van der Waals surface area contributed by atoms with E-state index in [1.54, 1.807) is 0 Å². The second kappa shape index (κ2) is 6.84. The Labute approximate surface area is 139 Å². The van der Waals surface area contributed by atoms with Crippen molar-refractivity contribution in [1.29, 1.82) is 0 Å². The van der Waals surface area contributed by atoms with Crippen molar-refractivity contribution < 1.29 is 4.79 Å². The van der Waals surface area contributed by atoms with Gasteiger partial charge in [-0.1, -0.05) is 42.0 Å². The van der Waals surface area contributed by atoms with Crippen LogP contribution in [0.5, 0.6) is 0 Å². The van der Waals surface area contributed by atoms with Crippen LogP contribution in [0.25, 0.3) is 6.08 Å². The summed E-state index contributed by atoms with van der Waals surface area (Å²) in [4.78, 5) is 15.5. The number of nitrogens with zero attached hydrogens (tertiary/aromatic N) is 1. The van der Waals surface area contributed by atoms with Gasteiger partial charge in [-0.15, -0.1) is 0 Å². The molecule has 0 amide bonds. The normalized spacial score (nSPS) is 26.3. The molecule has 1 unspecified atom stereocenters. The highest BCUT2D eigenvalue weighted by atomic mass is 16.1. The Hall–Kier alpha value is -1.67. The van der Waals surface area contributed by atoms with Crippen LogP contribution in [0.4, 0.5) is 0 Å². The number of ketones is 1. The van der Waals surface area contributed by atoms with Crippen LogP contribution in [0.2, 0.25) is 0 Å². The standard InChI is InChI=1S/C21H27NO/c1-22(2)15-14-21(19-10-6-7-11-19)13-12-18(20(21)23)16-17-8-4-3-5-9-17/h3-5,8-10,16H,6-7,11-15H2,1-2H3/b18-16+. The fourth-order valence-corrected chi connectivity index (χ4v) is 4.00. The van der Waals surface area contributed by atoms with Gasteiger partial charge in [-0.3, -0.25) is 4.79 Å². The first-order valence-corrected chi connectivity index (χ1v) is 8.76. The molecule has 0 saturated heterocycles. The summed E-state index contributed by atoms with van der Waals surface area (Å²) in [7, 11) is 4.19. The van der Waals surface area contributed by atoms with E-state index in [-0.39, 0.29) is 5.41 Å². The van der Waals surface area contributed by atoms with Crippen LogP contribution < -0.4 is 0 Å². The number of carbonyl (C=O) groups is 1. The van der Waals surface area contributed by atoms with Gasteiger partial charge in [-0.25, -0.2) is 0 Å². The fraction of sp³-hybridized carbons (Fsp3) is 0.476. The zero-order chi connectivity index (χ0) is 16.3. The van der Waals surface area contributed by atoms with Crippen molar-refractivity contribution in [3.8, 4) is 0 Å². The first kappa shape index (κ1) is 16.2. The van der Waals surface area contributed by atoms with E-state index in [9.17, 15) is 4.79 Å². The summed E-state index contributed by atoms with van der Waals surface area (Å²) in [6, 6.07) is 10.2. The molecule has 2 aliphatic rings. The van der Waals surface area contributed by atoms with Crippen molar-refractivity contribution in [2.45, 2.75) is 38.5 Å². The SMILES string of the molecule is CN(C)CCC1(C2=CCCC2)CC/C(=C\c2ccccc2)C1=O. The summed E-state index contributed by atoms with van der Waals surface area (Å²) in [5.74, 6) is 0.386. The molecule has 23 heavy (non-hydrogen) atoms. The van der Waals surface area contributed by atoms with E-state index in [4.69, 9.17) is 0 Å². The minimum Gasteiger partial charge on any atom is -0.309 e. The van der Waals surface area contributed by atoms with Crippen molar-refractivity contribution in [3.63, 3.8) is 0 Å². The van der Waals surface area contributed by atoms with Crippen LogP contribution in [0.3, 0.4) is 0 Å². The fourth-order valence-electron chi connectivity index (χ4n) is 4.00. The molecule has 0 heterocycles. The number of rotatable bonds is 5. The molecule has 1 atom stereocenters. The average Bonchev–Trinajstić information content (AvgIpc) is 3.18. The summed E-state index contributed by atoms with van der Waals surface area (Å²) in [5, 5.41) is 0. The zero-order valence-electron chi connectivity index (χ0n) is 14.3. The number of Topliss-reactive ketones (excluding diaryl/α,β-unsaturated/α-hetero) is 1. The Morgan fingerprint density at radius 2 is 1.96 bits per heavy atom. The Morgan fingerprint density at radius 3 is 2.61 bits per heavy atom. The maximum Gasteiger partial charge on any atom is 0.169 e. The average molecular weight is 309 g/mol. The van der Waals surface area contributed by atoms with E-state index in [0.717, 1.165) is 49.8 Å². The Morgan fingerprint density at radius 1 is 1.17 bits per heavy atom. The predicted octanol–water partition coefficient (Wildman–Crippen LogP) is 4.48. The highest BCUT2D eigenvalue weighted by molar-refractivity contribution is 6.07. The smallest absolute Gasteiger partial charge is 0.169 e. The lowest BCUT2D eigenvalue weighted by atomic mass is 9.74. The van der Waals surface area contributed by atoms with Gasteiger partial charge in [0.25, 0.3) is 0 Å². The van der Waals surface area contributed by atoms with Crippen LogP contribution in [-0.2, 0) is 4.79 Å². The highest BCUT2D eigenvalue weighted by Crippen LogP contribution is 2.50. The van der Waals surface area contributed by atoms with Gasteiger partial charge in [0, 0.05) is 0 Å². The van der Waals surface area contributed by atoms with Crippen molar-refractivity contribution >= 4 is 11.9 Å². The van der Waals surface area contributed by atoms with Crippen molar-refractivity contribution in [1.82, 2.24) is 4.90 Å². The molecule has 1 fully saturated rings. The number of allylic oxidation sites excluding steroid dienone is 3. The van der Waals surface area contributed by atoms with Crippen LogP contribution in [0.1, 0.15) is 44.1 Å². The minimum atomic E-state index is -0.221. The Bertz CT molecular complexity index is 627. The van der Waals surface area contributed by atoms with Gasteiger partial charge >= 0.3 is 0 Å². The lowest BCUT2D eigenvalue weighted by Gasteiger charge is -2.30. The maximum absolute atomic E-state index is 13.3. The molecule has 0 bridgehead atoms. The third-order valence-corrected chi connectivity index (χ3v) is 5.33. The van der Waals surface area contributed by atoms with Gasteiger partial charge in [0.05, 0.1) is 5.41 Å². The topological polar surface area (TPSA) is 20.3 Å². The monoisotopic (exact) mass is 309 g/mol. The lowest BCUT2D eigenvalue weighted by molar-refractivity contribution is -0.121. The van der Waals surface area contributed by atoms with E-state index < -0.39 is 0 Å². The molecule has 0 N–H and O–H groups in total. The second-order valence-electron chi connectivity index (χ2n) is 7.17. The summed E-state index contributed by atoms with van der Waals surface area (Å²) in [6.07, 6.45) is 10.8. The van der Waals surface area contributed by atoms with Gasteiger partial charge in [-0.05, 0) is 76.4 Å². The molecule has 0 aromatic heterocycles. The van der Waals surface area contributed by atoms with Gasteiger partial charge in [0.1, 0.15) is 0 Å². The molecule has 2 nitrogen and oxygen atoms in total. The molecule has 0 radical (unpaired) electrons. The van der Waals surface area contributed by atoms with Crippen molar-refractivity contribution in [3.05, 3.63) is 53.1 Å². The van der Waals surface area contributed by atoms with Crippen molar-refractivity contribution in [2.75, 3.05) is 20.6 Å². The summed E-state index contributed by atoms with van der Waals surface area (Å²) in [6.45, 7) is 0.974. The lowest BCUT2D eigenvalue weighted by Crippen LogP contribution is -2.32. The zero-order valence-corrected chi connectivity index (χ0v) is 14.3. The molecule has 1 aromatic rings. The Kier molecular flexibility index (Phi) is 4.82. The first-order chi connectivity index (χ1) is 11.1. The summed E-state index contributed by atoms with van der Waals surface area (Å²) < 4.78 is 0. The largest absolute Gasteiger partial charge is 0.309 e. The summed E-state index contributed by atoms with van der Waals surface area (Å²) in [5.41, 5.74) is 3.35. The van der Waals surface area contributed by atoms with Gasteiger partial charge < -0.3 is 4.90 Å².